The van der Waals surface area contributed by atoms with Crippen LogP contribution in [-0.2, 0) is 4.74 Å². The van der Waals surface area contributed by atoms with E-state index in [0.29, 0.717) is 6.54 Å². The van der Waals surface area contributed by atoms with E-state index in [0.717, 1.165) is 25.9 Å². The fourth-order valence-corrected chi connectivity index (χ4v) is 1.75. The minimum absolute atomic E-state index is 0.0422. The number of ether oxygens (including phenoxy) is 1. The van der Waals surface area contributed by atoms with Gasteiger partial charge in [0.05, 0.1) is 11.7 Å². The summed E-state index contributed by atoms with van der Waals surface area (Å²) in [4.78, 5) is 0. The van der Waals surface area contributed by atoms with Crippen LogP contribution >= 0.6 is 0 Å². The molecular formula is C9H20N2O. The van der Waals surface area contributed by atoms with Crippen LogP contribution in [0.1, 0.15) is 26.7 Å². The van der Waals surface area contributed by atoms with Gasteiger partial charge in [-0.2, -0.15) is 0 Å². The van der Waals surface area contributed by atoms with Crippen LogP contribution in [0, 0.1) is 0 Å². The first-order valence-corrected chi connectivity index (χ1v) is 4.77. The molecule has 3 N–H and O–H groups in total. The second-order valence-corrected chi connectivity index (χ2v) is 3.80. The van der Waals surface area contributed by atoms with Crippen LogP contribution in [0.2, 0.25) is 0 Å². The first kappa shape index (κ1) is 9.96. The lowest BCUT2D eigenvalue weighted by Gasteiger charge is -2.38. The molecule has 1 saturated heterocycles. The van der Waals surface area contributed by atoms with Crippen LogP contribution in [0.3, 0.4) is 0 Å². The lowest BCUT2D eigenvalue weighted by molar-refractivity contribution is -0.0905. The molecule has 0 unspecified atom stereocenters. The molecule has 1 fully saturated rings. The van der Waals surface area contributed by atoms with Gasteiger partial charge < -0.3 is 15.8 Å². The summed E-state index contributed by atoms with van der Waals surface area (Å²) in [6.45, 7) is 6.85. The lowest BCUT2D eigenvalue weighted by atomic mass is 9.92. The fraction of sp³-hybridized carbons (Fsp3) is 1.00. The molecule has 12 heavy (non-hydrogen) atoms. The van der Waals surface area contributed by atoms with E-state index in [4.69, 9.17) is 10.5 Å². The predicted octanol–water partition coefficient (Wildman–Crippen LogP) is 0.492. The van der Waals surface area contributed by atoms with Gasteiger partial charge in [0.2, 0.25) is 0 Å². The van der Waals surface area contributed by atoms with Gasteiger partial charge in [-0.15, -0.1) is 0 Å². The SMILES string of the molecule is CC(C)OC1(CN)CCNCC1. The number of hydrogen-bond donors (Lipinski definition) is 2. The van der Waals surface area contributed by atoms with Crippen molar-refractivity contribution in [3.8, 4) is 0 Å². The van der Waals surface area contributed by atoms with Gasteiger partial charge in [0.1, 0.15) is 0 Å². The highest BCUT2D eigenvalue weighted by Gasteiger charge is 2.32. The number of nitrogens with two attached hydrogens (primary N) is 1. The van der Waals surface area contributed by atoms with Crippen molar-refractivity contribution in [2.45, 2.75) is 38.4 Å². The Hall–Kier alpha value is -0.120. The Morgan fingerprint density at radius 1 is 1.42 bits per heavy atom. The van der Waals surface area contributed by atoms with E-state index >= 15 is 0 Å². The zero-order valence-corrected chi connectivity index (χ0v) is 8.10. The summed E-state index contributed by atoms with van der Waals surface area (Å²) in [6, 6.07) is 0. The van der Waals surface area contributed by atoms with Crippen LogP contribution in [0.5, 0.6) is 0 Å². The topological polar surface area (TPSA) is 47.3 Å². The third-order valence-corrected chi connectivity index (χ3v) is 2.37. The maximum absolute atomic E-state index is 5.86. The Kier molecular flexibility index (Phi) is 3.50. The van der Waals surface area contributed by atoms with Crippen LogP contribution in [0.15, 0.2) is 0 Å². The van der Waals surface area contributed by atoms with Gasteiger partial charge >= 0.3 is 0 Å². The molecule has 1 aliphatic rings. The zero-order chi connectivity index (χ0) is 9.03. The van der Waals surface area contributed by atoms with Gasteiger partial charge in [-0.25, -0.2) is 0 Å². The highest BCUT2D eigenvalue weighted by atomic mass is 16.5. The normalized spacial score (nSPS) is 23.0. The van der Waals surface area contributed by atoms with Crippen molar-refractivity contribution in [3.63, 3.8) is 0 Å². The van der Waals surface area contributed by atoms with Crippen molar-refractivity contribution in [3.05, 3.63) is 0 Å². The molecule has 72 valence electrons. The summed E-state index contributed by atoms with van der Waals surface area (Å²) in [6.07, 6.45) is 2.37. The molecule has 0 radical (unpaired) electrons. The number of piperidine rings is 1. The highest BCUT2D eigenvalue weighted by Crippen LogP contribution is 2.23. The first-order valence-electron chi connectivity index (χ1n) is 4.77. The highest BCUT2D eigenvalue weighted by molar-refractivity contribution is 4.87. The summed E-state index contributed by atoms with van der Waals surface area (Å²) in [5.74, 6) is 0. The standard InChI is InChI=1S/C9H20N2O/c1-8(2)12-9(7-10)3-5-11-6-4-9/h8,11H,3-7,10H2,1-2H3. The maximum atomic E-state index is 5.86. The Bertz CT molecular complexity index is 130. The van der Waals surface area contributed by atoms with Crippen LogP contribution in [0.4, 0.5) is 0 Å². The third kappa shape index (κ3) is 2.44. The van der Waals surface area contributed by atoms with E-state index in [1.54, 1.807) is 0 Å². The van der Waals surface area contributed by atoms with Gasteiger partial charge in [-0.05, 0) is 39.8 Å². The third-order valence-electron chi connectivity index (χ3n) is 2.37. The molecule has 0 aromatic heterocycles. The molecule has 1 aliphatic heterocycles. The van der Waals surface area contributed by atoms with E-state index in [9.17, 15) is 0 Å². The molecular weight excluding hydrogens is 152 g/mol. The fourth-order valence-electron chi connectivity index (χ4n) is 1.75. The van der Waals surface area contributed by atoms with Gasteiger partial charge in [-0.3, -0.25) is 0 Å². The molecule has 0 saturated carbocycles. The van der Waals surface area contributed by atoms with Crippen molar-refractivity contribution < 1.29 is 4.74 Å². The van der Waals surface area contributed by atoms with Crippen molar-refractivity contribution >= 4 is 0 Å². The lowest BCUT2D eigenvalue weighted by Crippen LogP contribution is -2.50. The molecule has 0 aliphatic carbocycles. The second-order valence-electron chi connectivity index (χ2n) is 3.80. The molecule has 0 aromatic carbocycles. The summed E-state index contributed by atoms with van der Waals surface area (Å²) < 4.78 is 5.86. The quantitative estimate of drug-likeness (QED) is 0.651. The van der Waals surface area contributed by atoms with Crippen molar-refractivity contribution in [1.82, 2.24) is 5.32 Å². The largest absolute Gasteiger partial charge is 0.371 e. The first-order chi connectivity index (χ1) is 5.68. The summed E-state index contributed by atoms with van der Waals surface area (Å²) in [5.41, 5.74) is 5.69. The zero-order valence-electron chi connectivity index (χ0n) is 8.10. The van der Waals surface area contributed by atoms with Crippen molar-refractivity contribution in [1.29, 1.82) is 0 Å². The minimum Gasteiger partial charge on any atom is -0.371 e. The van der Waals surface area contributed by atoms with Crippen molar-refractivity contribution in [2.75, 3.05) is 19.6 Å². The van der Waals surface area contributed by atoms with Gasteiger partial charge in [0.25, 0.3) is 0 Å². The summed E-state index contributed by atoms with van der Waals surface area (Å²) in [7, 11) is 0. The second kappa shape index (κ2) is 4.21. The van der Waals surface area contributed by atoms with Crippen molar-refractivity contribution in [2.24, 2.45) is 5.73 Å². The molecule has 0 spiro atoms. The molecule has 3 heteroatoms. The van der Waals surface area contributed by atoms with E-state index in [-0.39, 0.29) is 11.7 Å². The number of rotatable bonds is 3. The summed E-state index contributed by atoms with van der Waals surface area (Å²) >= 11 is 0. The smallest absolute Gasteiger partial charge is 0.0831 e. The molecule has 0 atom stereocenters. The molecule has 0 bridgehead atoms. The molecule has 3 nitrogen and oxygen atoms in total. The average molecular weight is 172 g/mol. The van der Waals surface area contributed by atoms with E-state index < -0.39 is 0 Å². The van der Waals surface area contributed by atoms with Gasteiger partial charge in [0, 0.05) is 6.54 Å². The van der Waals surface area contributed by atoms with E-state index in [1.165, 1.54) is 0 Å². The van der Waals surface area contributed by atoms with Crippen LogP contribution < -0.4 is 11.1 Å². The average Bonchev–Trinajstić information content (AvgIpc) is 2.05. The van der Waals surface area contributed by atoms with Crippen LogP contribution in [0.25, 0.3) is 0 Å². The monoisotopic (exact) mass is 172 g/mol. The van der Waals surface area contributed by atoms with Crippen LogP contribution in [-0.4, -0.2) is 31.3 Å². The van der Waals surface area contributed by atoms with Gasteiger partial charge in [0.15, 0.2) is 0 Å². The Morgan fingerprint density at radius 2 is 2.00 bits per heavy atom. The van der Waals surface area contributed by atoms with E-state index in [2.05, 4.69) is 19.2 Å². The number of nitrogens with one attached hydrogen (secondary N) is 1. The molecule has 1 rings (SSSR count). The van der Waals surface area contributed by atoms with Gasteiger partial charge in [-0.1, -0.05) is 0 Å². The molecule has 1 heterocycles. The predicted molar refractivity (Wildman–Crippen MR) is 50.1 cm³/mol. The Labute approximate surface area is 74.7 Å². The Balaban J connectivity index is 2.48. The Morgan fingerprint density at radius 3 is 2.42 bits per heavy atom. The minimum atomic E-state index is -0.0422. The maximum Gasteiger partial charge on any atom is 0.0831 e. The molecule has 0 amide bonds. The van der Waals surface area contributed by atoms with E-state index in [1.807, 2.05) is 0 Å². The molecule has 0 aromatic rings. The number of hydrogen-bond acceptors (Lipinski definition) is 3. The summed E-state index contributed by atoms with van der Waals surface area (Å²) in [5, 5.41) is 3.31.